The average Bonchev–Trinajstić information content (AvgIpc) is 2.76. The Balaban J connectivity index is 1.41. The lowest BCUT2D eigenvalue weighted by Gasteiger charge is -2.38. The van der Waals surface area contributed by atoms with Crippen LogP contribution in [0, 0.1) is 0 Å². The zero-order valence-corrected chi connectivity index (χ0v) is 18.0. The van der Waals surface area contributed by atoms with E-state index in [-0.39, 0.29) is 0 Å². The number of likely N-dealkylation sites (N-methyl/N-ethyl adjacent to an activating group) is 1. The lowest BCUT2D eigenvalue weighted by molar-refractivity contribution is 0.122. The van der Waals surface area contributed by atoms with E-state index in [0.29, 0.717) is 6.04 Å². The molecule has 6 nitrogen and oxygen atoms in total. The van der Waals surface area contributed by atoms with Crippen LogP contribution >= 0.6 is 15.9 Å². The Morgan fingerprint density at radius 1 is 1.14 bits per heavy atom. The Bertz CT molecular complexity index is 766. The van der Waals surface area contributed by atoms with Gasteiger partial charge in [0.1, 0.15) is 5.82 Å². The Labute approximate surface area is 175 Å². The predicted molar refractivity (Wildman–Crippen MR) is 116 cm³/mol. The second-order valence-corrected chi connectivity index (χ2v) is 8.50. The van der Waals surface area contributed by atoms with Gasteiger partial charge in [0, 0.05) is 49.9 Å². The highest BCUT2D eigenvalue weighted by Gasteiger charge is 2.25. The summed E-state index contributed by atoms with van der Waals surface area (Å²) >= 11 is 3.52. The van der Waals surface area contributed by atoms with Crippen LogP contribution in [0.4, 0.5) is 11.8 Å². The lowest BCUT2D eigenvalue weighted by atomic mass is 10.0. The Morgan fingerprint density at radius 2 is 1.93 bits per heavy atom. The first-order valence-electron chi connectivity index (χ1n) is 10.0. The molecule has 2 aliphatic rings. The quantitative estimate of drug-likeness (QED) is 0.703. The molecule has 0 amide bonds. The van der Waals surface area contributed by atoms with Crippen LogP contribution in [0.15, 0.2) is 41.0 Å². The average molecular weight is 446 g/mol. The zero-order chi connectivity index (χ0) is 19.3. The fraction of sp³-hybridized carbons (Fsp3) is 0.524. The minimum Gasteiger partial charge on any atom is -0.378 e. The number of hydrogen-bond acceptors (Lipinski definition) is 6. The maximum Gasteiger partial charge on any atom is 0.227 e. The third-order valence-electron chi connectivity index (χ3n) is 5.63. The van der Waals surface area contributed by atoms with Crippen molar-refractivity contribution in [2.45, 2.75) is 25.4 Å². The molecular formula is C21H28BrN5O. The summed E-state index contributed by atoms with van der Waals surface area (Å²) in [6.45, 7) is 6.43. The first-order valence-corrected chi connectivity index (χ1v) is 10.8. The second-order valence-electron chi connectivity index (χ2n) is 7.58. The summed E-state index contributed by atoms with van der Waals surface area (Å²) in [5.41, 5.74) is 1.36. The molecule has 1 aromatic carbocycles. The third kappa shape index (κ3) is 4.82. The summed E-state index contributed by atoms with van der Waals surface area (Å²) in [6, 6.07) is 11.1. The molecule has 7 heteroatoms. The van der Waals surface area contributed by atoms with Gasteiger partial charge in [-0.05, 0) is 43.1 Å². The summed E-state index contributed by atoms with van der Waals surface area (Å²) in [5.74, 6) is 1.82. The zero-order valence-electron chi connectivity index (χ0n) is 16.4. The number of likely N-dealkylation sites (tertiary alicyclic amines) is 1. The van der Waals surface area contributed by atoms with E-state index in [0.717, 1.165) is 62.2 Å². The van der Waals surface area contributed by atoms with E-state index in [1.165, 1.54) is 18.4 Å². The van der Waals surface area contributed by atoms with E-state index in [4.69, 9.17) is 9.72 Å². The molecule has 2 aromatic rings. The first-order chi connectivity index (χ1) is 13.7. The van der Waals surface area contributed by atoms with Crippen molar-refractivity contribution in [3.05, 3.63) is 46.6 Å². The number of morpholine rings is 1. The lowest BCUT2D eigenvalue weighted by Crippen LogP contribution is -2.46. The Hall–Kier alpha value is -1.70. The number of hydrogen-bond donors (Lipinski definition) is 0. The summed E-state index contributed by atoms with van der Waals surface area (Å²) in [7, 11) is 2.17. The van der Waals surface area contributed by atoms with E-state index in [1.807, 2.05) is 12.3 Å². The third-order valence-corrected chi connectivity index (χ3v) is 6.16. The van der Waals surface area contributed by atoms with Crippen molar-refractivity contribution in [2.24, 2.45) is 0 Å². The number of ether oxygens (including phenoxy) is 1. The molecule has 0 spiro atoms. The van der Waals surface area contributed by atoms with Gasteiger partial charge in [-0.2, -0.15) is 4.98 Å². The van der Waals surface area contributed by atoms with E-state index in [2.05, 4.69) is 66.9 Å². The largest absolute Gasteiger partial charge is 0.378 e. The summed E-state index contributed by atoms with van der Waals surface area (Å²) in [5, 5.41) is 0. The summed E-state index contributed by atoms with van der Waals surface area (Å²) in [4.78, 5) is 16.4. The maximum atomic E-state index is 5.45. The molecule has 1 unspecified atom stereocenters. The van der Waals surface area contributed by atoms with Crippen molar-refractivity contribution in [3.63, 3.8) is 0 Å². The van der Waals surface area contributed by atoms with Gasteiger partial charge in [-0.15, -0.1) is 0 Å². The molecule has 0 saturated carbocycles. The highest BCUT2D eigenvalue weighted by atomic mass is 79.9. The smallest absolute Gasteiger partial charge is 0.227 e. The SMILES string of the molecule is CN(c1ccnc(N2CCOCC2)n1)C1CCCN(Cc2ccc(Br)cc2)C1. The molecule has 2 saturated heterocycles. The van der Waals surface area contributed by atoms with Gasteiger partial charge in [0.15, 0.2) is 0 Å². The minimum atomic E-state index is 0.469. The van der Waals surface area contributed by atoms with Crippen LogP contribution in [-0.4, -0.2) is 67.4 Å². The number of aromatic nitrogens is 2. The molecule has 150 valence electrons. The van der Waals surface area contributed by atoms with Gasteiger partial charge in [-0.25, -0.2) is 4.98 Å². The molecule has 1 aromatic heterocycles. The van der Waals surface area contributed by atoms with Crippen LogP contribution in [0.3, 0.4) is 0 Å². The number of anilines is 2. The van der Waals surface area contributed by atoms with Crippen molar-refractivity contribution >= 4 is 27.7 Å². The second kappa shape index (κ2) is 9.20. The molecule has 0 bridgehead atoms. The van der Waals surface area contributed by atoms with E-state index >= 15 is 0 Å². The molecular weight excluding hydrogens is 418 g/mol. The molecule has 28 heavy (non-hydrogen) atoms. The molecule has 4 rings (SSSR count). The van der Waals surface area contributed by atoms with Gasteiger partial charge >= 0.3 is 0 Å². The van der Waals surface area contributed by atoms with Crippen LogP contribution in [0.25, 0.3) is 0 Å². The van der Waals surface area contributed by atoms with Crippen LogP contribution in [0.5, 0.6) is 0 Å². The van der Waals surface area contributed by atoms with Crippen molar-refractivity contribution in [3.8, 4) is 0 Å². The van der Waals surface area contributed by atoms with Crippen LogP contribution in [0.2, 0.25) is 0 Å². The van der Waals surface area contributed by atoms with Crippen LogP contribution < -0.4 is 9.80 Å². The number of nitrogens with zero attached hydrogens (tertiary/aromatic N) is 5. The van der Waals surface area contributed by atoms with Gasteiger partial charge < -0.3 is 14.5 Å². The number of benzene rings is 1. The van der Waals surface area contributed by atoms with Crippen molar-refractivity contribution < 1.29 is 4.74 Å². The normalized spacial score (nSPS) is 20.9. The predicted octanol–water partition coefficient (Wildman–Crippen LogP) is 3.18. The van der Waals surface area contributed by atoms with Gasteiger partial charge in [0.25, 0.3) is 0 Å². The Morgan fingerprint density at radius 3 is 2.71 bits per heavy atom. The fourth-order valence-electron chi connectivity index (χ4n) is 3.98. The molecule has 1 atom stereocenters. The molecule has 0 N–H and O–H groups in total. The van der Waals surface area contributed by atoms with Gasteiger partial charge in [-0.3, -0.25) is 4.90 Å². The number of halogens is 1. The van der Waals surface area contributed by atoms with Crippen LogP contribution in [0.1, 0.15) is 18.4 Å². The fourth-order valence-corrected chi connectivity index (χ4v) is 4.24. The Kier molecular flexibility index (Phi) is 6.44. The van der Waals surface area contributed by atoms with E-state index in [9.17, 15) is 0 Å². The molecule has 0 radical (unpaired) electrons. The van der Waals surface area contributed by atoms with Gasteiger partial charge in [-0.1, -0.05) is 28.1 Å². The highest BCUT2D eigenvalue weighted by Crippen LogP contribution is 2.23. The van der Waals surface area contributed by atoms with E-state index in [1.54, 1.807) is 0 Å². The molecule has 2 aliphatic heterocycles. The van der Waals surface area contributed by atoms with Gasteiger partial charge in [0.05, 0.1) is 13.2 Å². The summed E-state index contributed by atoms with van der Waals surface area (Å²) < 4.78 is 6.58. The number of piperidine rings is 1. The van der Waals surface area contributed by atoms with Crippen molar-refractivity contribution in [1.29, 1.82) is 0 Å². The number of rotatable bonds is 5. The van der Waals surface area contributed by atoms with Crippen molar-refractivity contribution in [1.82, 2.24) is 14.9 Å². The summed E-state index contributed by atoms with van der Waals surface area (Å²) in [6.07, 6.45) is 4.29. The van der Waals surface area contributed by atoms with E-state index < -0.39 is 0 Å². The minimum absolute atomic E-state index is 0.469. The van der Waals surface area contributed by atoms with Crippen molar-refractivity contribution in [2.75, 3.05) is 56.2 Å². The molecule has 3 heterocycles. The highest BCUT2D eigenvalue weighted by molar-refractivity contribution is 9.10. The standard InChI is InChI=1S/C21H28BrN5O/c1-25(20-8-9-23-21(24-20)27-11-13-28-14-12-27)19-3-2-10-26(16-19)15-17-4-6-18(22)7-5-17/h4-9,19H,2-3,10-16H2,1H3. The van der Waals surface area contributed by atoms with Gasteiger partial charge in [0.2, 0.25) is 5.95 Å². The maximum absolute atomic E-state index is 5.45. The first kappa shape index (κ1) is 19.6. The topological polar surface area (TPSA) is 44.7 Å². The molecule has 0 aliphatic carbocycles. The monoisotopic (exact) mass is 445 g/mol. The molecule has 2 fully saturated rings. The van der Waals surface area contributed by atoms with Crippen LogP contribution in [-0.2, 0) is 11.3 Å².